The first kappa shape index (κ1) is 22.4. The molecule has 2 heterocycles. The van der Waals surface area contributed by atoms with Crippen molar-refractivity contribution in [1.29, 1.82) is 0 Å². The summed E-state index contributed by atoms with van der Waals surface area (Å²) >= 11 is 7.32. The van der Waals surface area contributed by atoms with Crippen LogP contribution in [-0.2, 0) is 9.59 Å². The summed E-state index contributed by atoms with van der Waals surface area (Å²) in [7, 11) is 0. The molecule has 34 heavy (non-hydrogen) atoms. The number of halogens is 1. The van der Waals surface area contributed by atoms with Crippen LogP contribution in [-0.4, -0.2) is 33.0 Å². The molecule has 0 unspecified atom stereocenters. The van der Waals surface area contributed by atoms with E-state index in [1.165, 1.54) is 11.8 Å². The maximum Gasteiger partial charge on any atom is 0.263 e. The van der Waals surface area contributed by atoms with Gasteiger partial charge in [-0.1, -0.05) is 78.8 Å². The molecule has 0 aromatic heterocycles. The zero-order valence-electron chi connectivity index (χ0n) is 18.3. The third-order valence-corrected chi connectivity index (χ3v) is 7.14. The Labute approximate surface area is 206 Å². The van der Waals surface area contributed by atoms with Crippen LogP contribution in [0, 0.1) is 0 Å². The Balaban J connectivity index is 1.46. The molecular formula is C26H21ClN4O2S. The van der Waals surface area contributed by atoms with E-state index in [1.807, 2.05) is 61.5 Å². The van der Waals surface area contributed by atoms with Crippen molar-refractivity contribution in [1.82, 2.24) is 4.90 Å². The Kier molecular flexibility index (Phi) is 6.22. The summed E-state index contributed by atoms with van der Waals surface area (Å²) in [4.78, 5) is 37.7. The normalized spacial score (nSPS) is 17.4. The molecule has 2 atom stereocenters. The van der Waals surface area contributed by atoms with E-state index in [4.69, 9.17) is 21.6 Å². The summed E-state index contributed by atoms with van der Waals surface area (Å²) in [5.74, 6) is 0.213. The summed E-state index contributed by atoms with van der Waals surface area (Å²) in [6.07, 6.45) is 0.550. The van der Waals surface area contributed by atoms with Crippen LogP contribution in [0.15, 0.2) is 88.8 Å². The predicted octanol–water partition coefficient (Wildman–Crippen LogP) is 5.82. The Bertz CT molecular complexity index is 1330. The number of hydrogen-bond acceptors (Lipinski definition) is 5. The standard InChI is InChI=1S/C26H21ClN4O2S/c1-2-21(24(32)28-18-12-8-11-17(27)15-18)34-26-29-20-14-7-6-13-19(20)23-30-22(25(33)31(23)26)16-9-4-3-5-10-16/h3-15,21-22H,2H2,1H3,(H,28,32)/t21-,22+/m0/s1. The molecule has 0 fully saturated rings. The monoisotopic (exact) mass is 488 g/mol. The number of rotatable bonds is 5. The molecule has 6 nitrogen and oxygen atoms in total. The molecule has 8 heteroatoms. The third-order valence-electron chi connectivity index (χ3n) is 5.59. The molecule has 0 saturated heterocycles. The number of amides is 2. The lowest BCUT2D eigenvalue weighted by Gasteiger charge is -2.27. The number of amidine groups is 2. The lowest BCUT2D eigenvalue weighted by molar-refractivity contribution is -0.124. The van der Waals surface area contributed by atoms with Gasteiger partial charge < -0.3 is 5.32 Å². The van der Waals surface area contributed by atoms with Crippen LogP contribution in [0.5, 0.6) is 0 Å². The topological polar surface area (TPSA) is 74.1 Å². The van der Waals surface area contributed by atoms with Crippen molar-refractivity contribution < 1.29 is 9.59 Å². The summed E-state index contributed by atoms with van der Waals surface area (Å²) in [6, 6.07) is 23.5. The highest BCUT2D eigenvalue weighted by Gasteiger charge is 2.43. The van der Waals surface area contributed by atoms with Crippen LogP contribution in [0.3, 0.4) is 0 Å². The minimum absolute atomic E-state index is 0.174. The molecule has 3 aromatic rings. The van der Waals surface area contributed by atoms with Gasteiger partial charge in [0.2, 0.25) is 5.91 Å². The van der Waals surface area contributed by atoms with Crippen molar-refractivity contribution in [3.05, 3.63) is 95.0 Å². The molecule has 2 amide bonds. The zero-order chi connectivity index (χ0) is 23.7. The minimum atomic E-state index is -0.645. The molecule has 0 radical (unpaired) electrons. The number of fused-ring (bicyclic) bond motifs is 3. The number of anilines is 1. The van der Waals surface area contributed by atoms with Crippen LogP contribution in [0.4, 0.5) is 11.4 Å². The van der Waals surface area contributed by atoms with Crippen LogP contribution < -0.4 is 5.32 Å². The average Bonchev–Trinajstić information content (AvgIpc) is 3.20. The molecular weight excluding hydrogens is 468 g/mol. The van der Waals surface area contributed by atoms with Crippen molar-refractivity contribution >= 4 is 57.6 Å². The van der Waals surface area contributed by atoms with Gasteiger partial charge >= 0.3 is 0 Å². The van der Waals surface area contributed by atoms with Crippen molar-refractivity contribution in [2.45, 2.75) is 24.6 Å². The fourth-order valence-corrected chi connectivity index (χ4v) is 5.13. The first-order valence-corrected chi connectivity index (χ1v) is 12.2. The second-order valence-electron chi connectivity index (χ2n) is 7.87. The molecule has 1 N–H and O–H groups in total. The quantitative estimate of drug-likeness (QED) is 0.491. The van der Waals surface area contributed by atoms with Gasteiger partial charge in [0.1, 0.15) is 5.84 Å². The van der Waals surface area contributed by atoms with Crippen molar-refractivity contribution in [2.24, 2.45) is 9.98 Å². The first-order valence-electron chi connectivity index (χ1n) is 10.9. The summed E-state index contributed by atoms with van der Waals surface area (Å²) in [5, 5.41) is 3.45. The Hall–Kier alpha value is -3.42. The van der Waals surface area contributed by atoms with E-state index >= 15 is 0 Å². The lowest BCUT2D eigenvalue weighted by atomic mass is 10.1. The highest BCUT2D eigenvalue weighted by Crippen LogP contribution is 2.38. The van der Waals surface area contributed by atoms with Gasteiger partial charge in [-0.2, -0.15) is 0 Å². The number of carbonyl (C=O) groups is 2. The van der Waals surface area contributed by atoms with E-state index in [9.17, 15) is 9.59 Å². The van der Waals surface area contributed by atoms with Crippen LogP contribution in [0.1, 0.15) is 30.5 Å². The molecule has 2 aliphatic rings. The second-order valence-corrected chi connectivity index (χ2v) is 9.47. The van der Waals surface area contributed by atoms with Gasteiger partial charge in [-0.25, -0.2) is 14.9 Å². The van der Waals surface area contributed by atoms with E-state index in [0.29, 0.717) is 28.1 Å². The Morgan fingerprint density at radius 1 is 1.09 bits per heavy atom. The van der Waals surface area contributed by atoms with E-state index in [-0.39, 0.29) is 11.8 Å². The molecule has 2 aliphatic heterocycles. The summed E-state index contributed by atoms with van der Waals surface area (Å²) in [5.41, 5.74) is 2.97. The molecule has 0 saturated carbocycles. The number of nitrogens with zero attached hydrogens (tertiary/aromatic N) is 3. The SMILES string of the molecule is CC[C@H](SC1=Nc2ccccc2C2=N[C@H](c3ccccc3)C(=O)N12)C(=O)Nc1cccc(Cl)c1. The highest BCUT2D eigenvalue weighted by molar-refractivity contribution is 8.15. The van der Waals surface area contributed by atoms with Gasteiger partial charge in [-0.3, -0.25) is 9.59 Å². The van der Waals surface area contributed by atoms with Gasteiger partial charge in [-0.05, 0) is 42.3 Å². The molecule has 0 aliphatic carbocycles. The predicted molar refractivity (Wildman–Crippen MR) is 138 cm³/mol. The number of para-hydroxylation sites is 1. The number of benzene rings is 3. The van der Waals surface area contributed by atoms with Gasteiger partial charge in [0.15, 0.2) is 11.2 Å². The van der Waals surface area contributed by atoms with Crippen molar-refractivity contribution in [3.8, 4) is 0 Å². The first-order chi connectivity index (χ1) is 16.5. The van der Waals surface area contributed by atoms with Crippen LogP contribution in [0.2, 0.25) is 5.02 Å². The summed E-state index contributed by atoms with van der Waals surface area (Å²) < 4.78 is 0. The maximum atomic E-state index is 13.5. The molecule has 3 aromatic carbocycles. The van der Waals surface area contributed by atoms with E-state index in [2.05, 4.69) is 5.32 Å². The number of aliphatic imine (C=N–C) groups is 2. The second kappa shape index (κ2) is 9.44. The average molecular weight is 489 g/mol. The van der Waals surface area contributed by atoms with Gasteiger partial charge in [0.25, 0.3) is 5.91 Å². The Morgan fingerprint density at radius 3 is 2.62 bits per heavy atom. The minimum Gasteiger partial charge on any atom is -0.325 e. The zero-order valence-corrected chi connectivity index (χ0v) is 19.9. The van der Waals surface area contributed by atoms with Crippen molar-refractivity contribution in [2.75, 3.05) is 5.32 Å². The van der Waals surface area contributed by atoms with Gasteiger partial charge in [0.05, 0.1) is 10.9 Å². The number of nitrogens with one attached hydrogen (secondary N) is 1. The van der Waals surface area contributed by atoms with Gasteiger partial charge in [-0.15, -0.1) is 0 Å². The van der Waals surface area contributed by atoms with Crippen LogP contribution in [0.25, 0.3) is 0 Å². The van der Waals surface area contributed by atoms with Crippen LogP contribution >= 0.6 is 23.4 Å². The lowest BCUT2D eigenvalue weighted by Crippen LogP contribution is -2.41. The Morgan fingerprint density at radius 2 is 1.85 bits per heavy atom. The van der Waals surface area contributed by atoms with Gasteiger partial charge in [0, 0.05) is 16.3 Å². The summed E-state index contributed by atoms with van der Waals surface area (Å²) in [6.45, 7) is 1.93. The van der Waals surface area contributed by atoms with E-state index in [0.717, 1.165) is 16.8 Å². The number of carbonyl (C=O) groups excluding carboxylic acids is 2. The molecule has 0 bridgehead atoms. The fourth-order valence-electron chi connectivity index (χ4n) is 3.92. The van der Waals surface area contributed by atoms with Crippen molar-refractivity contribution in [3.63, 3.8) is 0 Å². The fraction of sp³-hybridized carbons (Fsp3) is 0.154. The molecule has 0 spiro atoms. The third kappa shape index (κ3) is 4.24. The highest BCUT2D eigenvalue weighted by atomic mass is 35.5. The number of hydrogen-bond donors (Lipinski definition) is 1. The maximum absolute atomic E-state index is 13.5. The number of thioether (sulfide) groups is 1. The van der Waals surface area contributed by atoms with E-state index in [1.54, 1.807) is 29.2 Å². The van der Waals surface area contributed by atoms with E-state index < -0.39 is 11.3 Å². The smallest absolute Gasteiger partial charge is 0.263 e. The molecule has 5 rings (SSSR count). The largest absolute Gasteiger partial charge is 0.325 e. The molecule has 170 valence electrons.